The van der Waals surface area contributed by atoms with E-state index in [0.29, 0.717) is 5.39 Å². The largest absolute Gasteiger partial charge is 0.573 e. The second-order valence-corrected chi connectivity index (χ2v) is 8.78. The Kier molecular flexibility index (Phi) is 5.98. The molecular weight excluding hydrogens is 441 g/mol. The van der Waals surface area contributed by atoms with Crippen molar-refractivity contribution in [2.75, 3.05) is 11.0 Å². The van der Waals surface area contributed by atoms with Crippen LogP contribution in [0, 0.1) is 0 Å². The third-order valence-electron chi connectivity index (χ3n) is 4.51. The highest BCUT2D eigenvalue weighted by molar-refractivity contribution is 7.91. The summed E-state index contributed by atoms with van der Waals surface area (Å²) in [4.78, 5) is 12.8. The lowest BCUT2D eigenvalue weighted by molar-refractivity contribution is -0.274. The molecule has 1 aromatic heterocycles. The predicted molar refractivity (Wildman–Crippen MR) is 104 cm³/mol. The van der Waals surface area contributed by atoms with Gasteiger partial charge >= 0.3 is 6.36 Å². The molecule has 0 radical (unpaired) electrons. The fourth-order valence-electron chi connectivity index (χ4n) is 3.04. The van der Waals surface area contributed by atoms with Crippen molar-refractivity contribution in [2.24, 2.45) is 0 Å². The van der Waals surface area contributed by atoms with Crippen molar-refractivity contribution in [3.8, 4) is 5.75 Å². The number of hydrogen-bond donors (Lipinski definition) is 2. The van der Waals surface area contributed by atoms with Crippen LogP contribution in [0.5, 0.6) is 5.75 Å². The highest BCUT2D eigenvalue weighted by Crippen LogP contribution is 2.26. The molecule has 8 nitrogen and oxygen atoms in total. The van der Waals surface area contributed by atoms with E-state index in [1.165, 1.54) is 43.5 Å². The maximum atomic E-state index is 12.9. The molecule has 12 heteroatoms. The average Bonchev–Trinajstić information content (AvgIpc) is 2.69. The van der Waals surface area contributed by atoms with Crippen LogP contribution in [0.4, 0.5) is 18.9 Å². The molecule has 0 aliphatic rings. The van der Waals surface area contributed by atoms with Gasteiger partial charge in [-0.2, -0.15) is 0 Å². The third-order valence-corrected chi connectivity index (χ3v) is 6.34. The highest BCUT2D eigenvalue weighted by Gasteiger charge is 2.31. The van der Waals surface area contributed by atoms with Crippen molar-refractivity contribution in [3.05, 3.63) is 64.6 Å². The zero-order valence-electron chi connectivity index (χ0n) is 16.0. The molecule has 2 N–H and O–H groups in total. The molecule has 0 saturated heterocycles. The Bertz CT molecular complexity index is 1290. The second-order valence-electron chi connectivity index (χ2n) is 6.53. The molecule has 0 saturated carbocycles. The Morgan fingerprint density at radius 3 is 2.42 bits per heavy atom. The van der Waals surface area contributed by atoms with Gasteiger partial charge in [-0.25, -0.2) is 8.42 Å². The van der Waals surface area contributed by atoms with Crippen LogP contribution < -0.4 is 15.5 Å². The Labute approximate surface area is 174 Å². The molecule has 31 heavy (non-hydrogen) atoms. The summed E-state index contributed by atoms with van der Waals surface area (Å²) in [6, 6.07) is 8.35. The number of hydrogen-bond acceptors (Lipinski definition) is 7. The first-order valence-corrected chi connectivity index (χ1v) is 10.5. The summed E-state index contributed by atoms with van der Waals surface area (Å²) in [5.74, 6) is -0.797. The molecule has 0 fully saturated rings. The molecular formula is C19H17F3N2O6S. The summed E-state index contributed by atoms with van der Waals surface area (Å²) in [7, 11) is -3.72. The molecule has 0 bridgehead atoms. The zero-order chi connectivity index (χ0) is 23.0. The lowest BCUT2D eigenvalue weighted by atomic mass is 10.1. The molecule has 166 valence electrons. The van der Waals surface area contributed by atoms with Gasteiger partial charge < -0.3 is 9.30 Å². The minimum absolute atomic E-state index is 0.0637. The van der Waals surface area contributed by atoms with Gasteiger partial charge in [0.15, 0.2) is 9.84 Å². The van der Waals surface area contributed by atoms with E-state index in [1.54, 1.807) is 0 Å². The van der Waals surface area contributed by atoms with E-state index in [4.69, 9.17) is 0 Å². The summed E-state index contributed by atoms with van der Waals surface area (Å²) in [5, 5.41) is 18.6. The standard InChI is InChI=1S/C19H17F3N2O6S/c1-2-31(28,29)17-6-4-14(24(26)27)9-13(17)11-23-8-7-12-3-5-15(30-19(20,21)22)10-16(12)18(23)25/h3-10,26-27H,2,11H2,1H3. The minimum atomic E-state index is -4.92. The van der Waals surface area contributed by atoms with Gasteiger partial charge in [0.2, 0.25) is 0 Å². The van der Waals surface area contributed by atoms with Gasteiger partial charge in [-0.3, -0.25) is 15.2 Å². The quantitative estimate of drug-likeness (QED) is 0.546. The smallest absolute Gasteiger partial charge is 0.406 e. The Morgan fingerprint density at radius 2 is 1.81 bits per heavy atom. The molecule has 0 aliphatic carbocycles. The first kappa shape index (κ1) is 22.6. The van der Waals surface area contributed by atoms with Crippen LogP contribution in [0.3, 0.4) is 0 Å². The number of rotatable bonds is 6. The first-order chi connectivity index (χ1) is 14.4. The topological polar surface area (TPSA) is 109 Å². The van der Waals surface area contributed by atoms with E-state index in [0.717, 1.165) is 16.7 Å². The number of nitrogens with zero attached hydrogens (tertiary/aromatic N) is 2. The fraction of sp³-hybridized carbons (Fsp3) is 0.211. The molecule has 0 amide bonds. The number of alkyl halides is 3. The molecule has 2 aromatic carbocycles. The van der Waals surface area contributed by atoms with Gasteiger partial charge in [0.25, 0.3) is 5.56 Å². The van der Waals surface area contributed by atoms with Gasteiger partial charge in [-0.05, 0) is 47.3 Å². The van der Waals surface area contributed by atoms with Crippen molar-refractivity contribution < 1.29 is 36.7 Å². The Morgan fingerprint density at radius 1 is 1.10 bits per heavy atom. The van der Waals surface area contributed by atoms with Gasteiger partial charge in [0.1, 0.15) is 5.75 Å². The lowest BCUT2D eigenvalue weighted by Gasteiger charge is -2.15. The van der Waals surface area contributed by atoms with Crippen molar-refractivity contribution in [1.29, 1.82) is 0 Å². The molecule has 0 atom stereocenters. The number of sulfone groups is 1. The van der Waals surface area contributed by atoms with Gasteiger partial charge in [-0.15, -0.1) is 18.4 Å². The van der Waals surface area contributed by atoms with Crippen LogP contribution in [0.15, 0.2) is 58.4 Å². The minimum Gasteiger partial charge on any atom is -0.406 e. The number of ether oxygens (including phenoxy) is 1. The van der Waals surface area contributed by atoms with Gasteiger partial charge in [0.05, 0.1) is 28.3 Å². The van der Waals surface area contributed by atoms with Crippen LogP contribution in [0.2, 0.25) is 0 Å². The summed E-state index contributed by atoms with van der Waals surface area (Å²) in [6.45, 7) is 1.15. The monoisotopic (exact) mass is 458 g/mol. The van der Waals surface area contributed by atoms with Crippen molar-refractivity contribution in [1.82, 2.24) is 4.57 Å². The number of anilines is 1. The molecule has 1 heterocycles. The number of aromatic nitrogens is 1. The van der Waals surface area contributed by atoms with Crippen LogP contribution in [-0.2, 0) is 16.4 Å². The molecule has 0 spiro atoms. The van der Waals surface area contributed by atoms with E-state index in [-0.39, 0.29) is 39.1 Å². The van der Waals surface area contributed by atoms with E-state index in [2.05, 4.69) is 4.74 Å². The fourth-order valence-corrected chi connectivity index (χ4v) is 4.15. The number of benzene rings is 2. The summed E-state index contributed by atoms with van der Waals surface area (Å²) in [5.41, 5.74) is -0.725. The Hall–Kier alpha value is -3.09. The van der Waals surface area contributed by atoms with E-state index >= 15 is 0 Å². The van der Waals surface area contributed by atoms with Crippen LogP contribution in [-0.4, -0.2) is 35.5 Å². The average molecular weight is 458 g/mol. The van der Waals surface area contributed by atoms with Crippen molar-refractivity contribution in [2.45, 2.75) is 24.7 Å². The van der Waals surface area contributed by atoms with Crippen LogP contribution in [0.25, 0.3) is 10.8 Å². The maximum absolute atomic E-state index is 12.9. The van der Waals surface area contributed by atoms with Crippen molar-refractivity contribution in [3.63, 3.8) is 0 Å². The van der Waals surface area contributed by atoms with Crippen LogP contribution >= 0.6 is 0 Å². The maximum Gasteiger partial charge on any atom is 0.573 e. The Balaban J connectivity index is 2.12. The van der Waals surface area contributed by atoms with Gasteiger partial charge in [0, 0.05) is 6.20 Å². The molecule has 0 aliphatic heterocycles. The molecule has 0 unspecified atom stereocenters. The van der Waals surface area contributed by atoms with E-state index in [9.17, 15) is 36.8 Å². The number of pyridine rings is 1. The SMILES string of the molecule is CCS(=O)(=O)c1ccc(N(O)O)cc1Cn1ccc2ccc(OC(F)(F)F)cc2c1=O. The number of fused-ring (bicyclic) bond motifs is 1. The predicted octanol–water partition coefficient (Wildman–Crippen LogP) is 3.33. The van der Waals surface area contributed by atoms with Crippen molar-refractivity contribution >= 4 is 26.3 Å². The normalized spacial score (nSPS) is 12.2. The second kappa shape index (κ2) is 8.21. The lowest BCUT2D eigenvalue weighted by Crippen LogP contribution is -2.22. The van der Waals surface area contributed by atoms with E-state index < -0.39 is 27.5 Å². The summed E-state index contributed by atoms with van der Waals surface area (Å²) < 4.78 is 67.3. The highest BCUT2D eigenvalue weighted by atomic mass is 32.2. The number of halogens is 3. The third kappa shape index (κ3) is 4.98. The molecule has 3 rings (SSSR count). The zero-order valence-corrected chi connectivity index (χ0v) is 16.8. The van der Waals surface area contributed by atoms with Gasteiger partial charge in [-0.1, -0.05) is 13.0 Å². The molecule has 3 aromatic rings. The summed E-state index contributed by atoms with van der Waals surface area (Å²) in [6.07, 6.45) is -3.56. The van der Waals surface area contributed by atoms with E-state index in [1.807, 2.05) is 0 Å². The first-order valence-electron chi connectivity index (χ1n) is 8.84. The summed E-state index contributed by atoms with van der Waals surface area (Å²) >= 11 is 0. The van der Waals surface area contributed by atoms with Crippen LogP contribution in [0.1, 0.15) is 12.5 Å².